The number of benzene rings is 1. The van der Waals surface area contributed by atoms with Gasteiger partial charge in [0.15, 0.2) is 0 Å². The molecule has 0 aliphatic heterocycles. The average Bonchev–Trinajstić information content (AvgIpc) is 2.73. The molecule has 16 heavy (non-hydrogen) atoms. The van der Waals surface area contributed by atoms with Crippen molar-refractivity contribution < 1.29 is 9.50 Å². The maximum Gasteiger partial charge on any atom is 0.123 e. The van der Waals surface area contributed by atoms with Crippen LogP contribution in [0.3, 0.4) is 0 Å². The Balaban J connectivity index is 2.18. The lowest BCUT2D eigenvalue weighted by atomic mass is 10.1. The quantitative estimate of drug-likeness (QED) is 0.864. The number of rotatable bonds is 3. The molecule has 1 saturated carbocycles. The Morgan fingerprint density at radius 2 is 2.06 bits per heavy atom. The molecule has 0 radical (unpaired) electrons. The predicted octanol–water partition coefficient (Wildman–Crippen LogP) is 3.91. The van der Waals surface area contributed by atoms with Crippen molar-refractivity contribution in [1.82, 2.24) is 0 Å². The van der Waals surface area contributed by atoms with Crippen LogP contribution in [0.5, 0.6) is 0 Å². The van der Waals surface area contributed by atoms with E-state index in [9.17, 15) is 9.50 Å². The molecule has 0 saturated heterocycles. The lowest BCUT2D eigenvalue weighted by Gasteiger charge is -2.15. The lowest BCUT2D eigenvalue weighted by Crippen LogP contribution is -1.99. The van der Waals surface area contributed by atoms with Crippen LogP contribution in [0.25, 0.3) is 0 Å². The molecule has 1 atom stereocenters. The van der Waals surface area contributed by atoms with Gasteiger partial charge < -0.3 is 5.11 Å². The van der Waals surface area contributed by atoms with Gasteiger partial charge in [-0.05, 0) is 43.5 Å². The van der Waals surface area contributed by atoms with Crippen molar-refractivity contribution in [2.75, 3.05) is 0 Å². The van der Waals surface area contributed by atoms with Gasteiger partial charge in [-0.1, -0.05) is 12.8 Å². The molecule has 1 aromatic rings. The summed E-state index contributed by atoms with van der Waals surface area (Å²) in [6.45, 7) is 1.69. The maximum absolute atomic E-state index is 13.1. The Bertz CT molecular complexity index is 359. The van der Waals surface area contributed by atoms with Crippen molar-refractivity contribution in [2.24, 2.45) is 0 Å². The van der Waals surface area contributed by atoms with E-state index in [0.29, 0.717) is 5.25 Å². The summed E-state index contributed by atoms with van der Waals surface area (Å²) in [6.07, 6.45) is 4.47. The summed E-state index contributed by atoms with van der Waals surface area (Å²) >= 11 is 1.79. The van der Waals surface area contributed by atoms with Crippen molar-refractivity contribution in [2.45, 2.75) is 48.9 Å². The van der Waals surface area contributed by atoms with Gasteiger partial charge in [0.2, 0.25) is 0 Å². The van der Waals surface area contributed by atoms with Gasteiger partial charge in [0.05, 0.1) is 6.10 Å². The topological polar surface area (TPSA) is 20.2 Å². The second-order valence-electron chi connectivity index (χ2n) is 4.38. The summed E-state index contributed by atoms with van der Waals surface area (Å²) in [6, 6.07) is 4.71. The van der Waals surface area contributed by atoms with Gasteiger partial charge in [-0.3, -0.25) is 0 Å². The van der Waals surface area contributed by atoms with Crippen molar-refractivity contribution in [3.05, 3.63) is 29.6 Å². The van der Waals surface area contributed by atoms with E-state index in [1.807, 2.05) is 0 Å². The molecule has 0 heterocycles. The largest absolute Gasteiger partial charge is 0.389 e. The lowest BCUT2D eigenvalue weighted by molar-refractivity contribution is 0.196. The zero-order valence-electron chi connectivity index (χ0n) is 9.45. The number of aliphatic hydroxyl groups excluding tert-OH is 1. The Kier molecular flexibility index (Phi) is 3.87. The molecule has 0 spiro atoms. The highest BCUT2D eigenvalue weighted by Gasteiger charge is 2.19. The minimum Gasteiger partial charge on any atom is -0.389 e. The van der Waals surface area contributed by atoms with Crippen LogP contribution >= 0.6 is 11.8 Å². The van der Waals surface area contributed by atoms with E-state index >= 15 is 0 Å². The van der Waals surface area contributed by atoms with E-state index in [-0.39, 0.29) is 5.82 Å². The van der Waals surface area contributed by atoms with Crippen LogP contribution in [0.1, 0.15) is 44.3 Å². The number of hydrogen-bond donors (Lipinski definition) is 1. The van der Waals surface area contributed by atoms with Gasteiger partial charge in [0.1, 0.15) is 5.82 Å². The van der Waals surface area contributed by atoms with Crippen LogP contribution in [-0.4, -0.2) is 10.4 Å². The van der Waals surface area contributed by atoms with Crippen LogP contribution in [0.4, 0.5) is 4.39 Å². The summed E-state index contributed by atoms with van der Waals surface area (Å²) < 4.78 is 13.1. The fourth-order valence-corrected chi connectivity index (χ4v) is 3.58. The molecule has 1 aromatic carbocycles. The van der Waals surface area contributed by atoms with Crippen molar-refractivity contribution in [3.63, 3.8) is 0 Å². The summed E-state index contributed by atoms with van der Waals surface area (Å²) in [7, 11) is 0. The molecule has 88 valence electrons. The number of hydrogen-bond acceptors (Lipinski definition) is 2. The molecule has 0 aromatic heterocycles. The highest BCUT2D eigenvalue weighted by Crippen LogP contribution is 2.37. The predicted molar refractivity (Wildman–Crippen MR) is 65.1 cm³/mol. The Hall–Kier alpha value is -0.540. The molecular weight excluding hydrogens is 223 g/mol. The molecule has 1 fully saturated rings. The molecule has 1 N–H and O–H groups in total. The third-order valence-corrected chi connectivity index (χ3v) is 4.45. The van der Waals surface area contributed by atoms with E-state index < -0.39 is 6.10 Å². The van der Waals surface area contributed by atoms with Crippen molar-refractivity contribution in [3.8, 4) is 0 Å². The van der Waals surface area contributed by atoms with E-state index in [1.54, 1.807) is 24.8 Å². The van der Waals surface area contributed by atoms with Crippen molar-refractivity contribution in [1.29, 1.82) is 0 Å². The first-order chi connectivity index (χ1) is 7.66. The van der Waals surface area contributed by atoms with Gasteiger partial charge in [-0.15, -0.1) is 11.8 Å². The zero-order chi connectivity index (χ0) is 11.5. The standard InChI is InChI=1S/C13H17FOS/c1-9(15)12-8-10(14)6-7-13(12)16-11-4-2-3-5-11/h6-9,11,15H,2-5H2,1H3/t9-/m0/s1. The van der Waals surface area contributed by atoms with E-state index in [2.05, 4.69) is 0 Å². The maximum atomic E-state index is 13.1. The highest BCUT2D eigenvalue weighted by atomic mass is 32.2. The first kappa shape index (κ1) is 11.9. The number of halogens is 1. The SMILES string of the molecule is C[C@H](O)c1cc(F)ccc1SC1CCCC1. The highest BCUT2D eigenvalue weighted by molar-refractivity contribution is 8.00. The molecule has 0 amide bonds. The summed E-state index contributed by atoms with van der Waals surface area (Å²) in [4.78, 5) is 1.03. The number of aliphatic hydroxyl groups is 1. The van der Waals surface area contributed by atoms with Gasteiger partial charge in [0, 0.05) is 10.1 Å². The Labute approximate surface area is 100 Å². The van der Waals surface area contributed by atoms with Gasteiger partial charge in [-0.25, -0.2) is 4.39 Å². The first-order valence-electron chi connectivity index (χ1n) is 5.81. The molecule has 1 nitrogen and oxygen atoms in total. The normalized spacial score (nSPS) is 18.9. The van der Waals surface area contributed by atoms with E-state index in [1.165, 1.54) is 37.8 Å². The molecule has 2 rings (SSSR count). The van der Waals surface area contributed by atoms with Gasteiger partial charge >= 0.3 is 0 Å². The molecule has 1 aliphatic rings. The van der Waals surface area contributed by atoms with Crippen LogP contribution in [-0.2, 0) is 0 Å². The van der Waals surface area contributed by atoms with Crippen LogP contribution < -0.4 is 0 Å². The van der Waals surface area contributed by atoms with E-state index in [4.69, 9.17) is 0 Å². The molecule has 3 heteroatoms. The van der Waals surface area contributed by atoms with Crippen LogP contribution in [0.2, 0.25) is 0 Å². The van der Waals surface area contributed by atoms with E-state index in [0.717, 1.165) is 10.5 Å². The third kappa shape index (κ3) is 2.77. The molecule has 0 bridgehead atoms. The zero-order valence-corrected chi connectivity index (χ0v) is 10.3. The van der Waals surface area contributed by atoms with Crippen LogP contribution in [0.15, 0.2) is 23.1 Å². The van der Waals surface area contributed by atoms with Gasteiger partial charge in [-0.2, -0.15) is 0 Å². The fraction of sp³-hybridized carbons (Fsp3) is 0.538. The monoisotopic (exact) mass is 240 g/mol. The summed E-state index contributed by atoms with van der Waals surface area (Å²) in [5.74, 6) is -0.272. The average molecular weight is 240 g/mol. The first-order valence-corrected chi connectivity index (χ1v) is 6.69. The molecule has 0 unspecified atom stereocenters. The van der Waals surface area contributed by atoms with Gasteiger partial charge in [0.25, 0.3) is 0 Å². The molecular formula is C13H17FOS. The summed E-state index contributed by atoms with van der Waals surface area (Å²) in [5, 5.41) is 10.3. The minimum absolute atomic E-state index is 0.272. The second kappa shape index (κ2) is 5.19. The second-order valence-corrected chi connectivity index (χ2v) is 5.72. The fourth-order valence-electron chi connectivity index (χ4n) is 2.14. The number of thioether (sulfide) groups is 1. The van der Waals surface area contributed by atoms with Crippen molar-refractivity contribution >= 4 is 11.8 Å². The molecule has 1 aliphatic carbocycles. The van der Waals surface area contributed by atoms with Crippen LogP contribution in [0, 0.1) is 5.82 Å². The summed E-state index contributed by atoms with van der Waals surface area (Å²) in [5.41, 5.74) is 0.719. The Morgan fingerprint density at radius 3 is 2.69 bits per heavy atom. The Morgan fingerprint density at radius 1 is 1.38 bits per heavy atom. The smallest absolute Gasteiger partial charge is 0.123 e. The minimum atomic E-state index is -0.598. The third-order valence-electron chi connectivity index (χ3n) is 3.02.